The lowest BCUT2D eigenvalue weighted by Gasteiger charge is -2.33. The van der Waals surface area contributed by atoms with E-state index in [0.717, 1.165) is 0 Å². The Balaban J connectivity index is 2.43. The number of aliphatic carboxylic acids is 1. The van der Waals surface area contributed by atoms with E-state index in [1.807, 2.05) is 0 Å². The van der Waals surface area contributed by atoms with Gasteiger partial charge in [-0.2, -0.15) is 4.31 Å². The highest BCUT2D eigenvalue weighted by atomic mass is 32.2. The molecule has 1 saturated heterocycles. The van der Waals surface area contributed by atoms with Crippen LogP contribution >= 0.6 is 0 Å². The molecule has 0 spiro atoms. The molecule has 0 aromatic rings. The van der Waals surface area contributed by atoms with E-state index in [4.69, 9.17) is 9.84 Å². The summed E-state index contributed by atoms with van der Waals surface area (Å²) in [6, 6.07) is 0. The summed E-state index contributed by atoms with van der Waals surface area (Å²) < 4.78 is 30.0. The van der Waals surface area contributed by atoms with Crippen LogP contribution in [0.15, 0.2) is 0 Å². The van der Waals surface area contributed by atoms with Crippen molar-refractivity contribution in [3.8, 4) is 0 Å². The Morgan fingerprint density at radius 1 is 1.20 bits per heavy atom. The predicted octanol–water partition coefficient (Wildman–Crippen LogP) is -1.03. The number of nitrogens with zero attached hydrogens (tertiary/aromatic N) is 2. The van der Waals surface area contributed by atoms with Gasteiger partial charge in [0, 0.05) is 39.7 Å². The molecule has 1 aliphatic heterocycles. The van der Waals surface area contributed by atoms with Crippen molar-refractivity contribution in [2.75, 3.05) is 45.6 Å². The van der Waals surface area contributed by atoms with E-state index < -0.39 is 16.0 Å². The Labute approximate surface area is 118 Å². The average Bonchev–Trinajstić information content (AvgIpc) is 2.38. The third kappa shape index (κ3) is 5.06. The SMILES string of the molecule is COCC(=O)N1CCN(S(=O)(=O)CCCC(=O)O)CC1. The molecule has 0 aromatic heterocycles. The van der Waals surface area contributed by atoms with E-state index in [-0.39, 0.29) is 44.2 Å². The number of carbonyl (C=O) groups excluding carboxylic acids is 1. The van der Waals surface area contributed by atoms with Crippen LogP contribution in [-0.4, -0.2) is 80.3 Å². The topological polar surface area (TPSA) is 104 Å². The van der Waals surface area contributed by atoms with Crippen LogP contribution in [0.5, 0.6) is 0 Å². The molecule has 1 N–H and O–H groups in total. The fraction of sp³-hybridized carbons (Fsp3) is 0.818. The maximum Gasteiger partial charge on any atom is 0.303 e. The first-order chi connectivity index (χ1) is 9.36. The summed E-state index contributed by atoms with van der Waals surface area (Å²) in [5.74, 6) is -1.34. The normalized spacial score (nSPS) is 17.1. The van der Waals surface area contributed by atoms with Crippen LogP contribution in [-0.2, 0) is 24.3 Å². The quantitative estimate of drug-likeness (QED) is 0.645. The molecule has 1 fully saturated rings. The maximum absolute atomic E-state index is 12.0. The highest BCUT2D eigenvalue weighted by Gasteiger charge is 2.28. The number of amides is 1. The van der Waals surface area contributed by atoms with Gasteiger partial charge in [-0.3, -0.25) is 9.59 Å². The van der Waals surface area contributed by atoms with Crippen molar-refractivity contribution in [3.05, 3.63) is 0 Å². The Kier molecular flexibility index (Phi) is 6.37. The maximum atomic E-state index is 12.0. The van der Waals surface area contributed by atoms with Gasteiger partial charge in [0.25, 0.3) is 0 Å². The van der Waals surface area contributed by atoms with Crippen LogP contribution in [0.4, 0.5) is 0 Å². The largest absolute Gasteiger partial charge is 0.481 e. The zero-order chi connectivity index (χ0) is 15.2. The lowest BCUT2D eigenvalue weighted by molar-refractivity contribution is -0.137. The molecule has 8 nitrogen and oxygen atoms in total. The van der Waals surface area contributed by atoms with Gasteiger partial charge in [0.05, 0.1) is 5.75 Å². The second kappa shape index (κ2) is 7.55. The second-order valence-electron chi connectivity index (χ2n) is 4.53. The molecule has 0 atom stereocenters. The second-order valence-corrected chi connectivity index (χ2v) is 6.61. The van der Waals surface area contributed by atoms with Crippen molar-refractivity contribution in [2.45, 2.75) is 12.8 Å². The van der Waals surface area contributed by atoms with Gasteiger partial charge in [-0.25, -0.2) is 8.42 Å². The zero-order valence-corrected chi connectivity index (χ0v) is 12.3. The summed E-state index contributed by atoms with van der Waals surface area (Å²) in [5, 5.41) is 8.50. The lowest BCUT2D eigenvalue weighted by Crippen LogP contribution is -2.51. The van der Waals surface area contributed by atoms with Crippen LogP contribution in [0, 0.1) is 0 Å². The van der Waals surface area contributed by atoms with Gasteiger partial charge in [0.2, 0.25) is 15.9 Å². The van der Waals surface area contributed by atoms with Gasteiger partial charge in [0.15, 0.2) is 0 Å². The molecule has 0 unspecified atom stereocenters. The van der Waals surface area contributed by atoms with E-state index in [2.05, 4.69) is 0 Å². The molecule has 20 heavy (non-hydrogen) atoms. The molecular weight excluding hydrogens is 288 g/mol. The molecule has 1 amide bonds. The Morgan fingerprint density at radius 2 is 1.80 bits per heavy atom. The van der Waals surface area contributed by atoms with Crippen molar-refractivity contribution in [1.82, 2.24) is 9.21 Å². The number of hydrogen-bond donors (Lipinski definition) is 1. The zero-order valence-electron chi connectivity index (χ0n) is 11.4. The number of carboxylic acid groups (broad SMARTS) is 1. The van der Waals surface area contributed by atoms with Crippen LogP contribution in [0.3, 0.4) is 0 Å². The van der Waals surface area contributed by atoms with Crippen molar-refractivity contribution < 1.29 is 27.9 Å². The van der Waals surface area contributed by atoms with Gasteiger partial charge in [0.1, 0.15) is 6.61 Å². The molecule has 0 aromatic carbocycles. The summed E-state index contributed by atoms with van der Waals surface area (Å²) in [6.07, 6.45) is -0.0635. The molecule has 9 heteroatoms. The van der Waals surface area contributed by atoms with Crippen LogP contribution < -0.4 is 0 Å². The lowest BCUT2D eigenvalue weighted by atomic mass is 10.3. The number of methoxy groups -OCH3 is 1. The molecule has 0 saturated carbocycles. The minimum atomic E-state index is -3.44. The summed E-state index contributed by atoms with van der Waals surface area (Å²) >= 11 is 0. The van der Waals surface area contributed by atoms with Crippen molar-refractivity contribution in [1.29, 1.82) is 0 Å². The van der Waals surface area contributed by atoms with Crippen molar-refractivity contribution in [3.63, 3.8) is 0 Å². The number of ether oxygens (including phenoxy) is 1. The van der Waals surface area contributed by atoms with Crippen LogP contribution in [0.1, 0.15) is 12.8 Å². The summed E-state index contributed by atoms with van der Waals surface area (Å²) in [7, 11) is -2.01. The molecule has 1 heterocycles. The standard InChI is InChI=1S/C11H20N2O6S/c1-19-9-10(14)12-4-6-13(7-5-12)20(17,18)8-2-3-11(15)16/h2-9H2,1H3,(H,15,16). The van der Waals surface area contributed by atoms with E-state index >= 15 is 0 Å². The monoisotopic (exact) mass is 308 g/mol. The van der Waals surface area contributed by atoms with Crippen LogP contribution in [0.25, 0.3) is 0 Å². The molecule has 116 valence electrons. The minimum Gasteiger partial charge on any atom is -0.481 e. The summed E-state index contributed by atoms with van der Waals surface area (Å²) in [4.78, 5) is 23.5. The number of hydrogen-bond acceptors (Lipinski definition) is 5. The Morgan fingerprint density at radius 3 is 2.30 bits per heavy atom. The molecule has 0 radical (unpaired) electrons. The fourth-order valence-corrected chi connectivity index (χ4v) is 3.45. The van der Waals surface area contributed by atoms with Gasteiger partial charge in [-0.15, -0.1) is 0 Å². The number of sulfonamides is 1. The van der Waals surface area contributed by atoms with E-state index in [1.165, 1.54) is 11.4 Å². The Bertz CT molecular complexity index is 442. The molecule has 0 bridgehead atoms. The number of carbonyl (C=O) groups is 2. The smallest absolute Gasteiger partial charge is 0.303 e. The first-order valence-corrected chi connectivity index (χ1v) is 7.94. The third-order valence-electron chi connectivity index (χ3n) is 3.05. The highest BCUT2D eigenvalue weighted by Crippen LogP contribution is 2.10. The number of carboxylic acids is 1. The van der Waals surface area contributed by atoms with Crippen LogP contribution in [0.2, 0.25) is 0 Å². The van der Waals surface area contributed by atoms with Gasteiger partial charge >= 0.3 is 5.97 Å². The average molecular weight is 308 g/mol. The van der Waals surface area contributed by atoms with Gasteiger partial charge in [-0.05, 0) is 6.42 Å². The predicted molar refractivity (Wildman–Crippen MR) is 70.7 cm³/mol. The molecule has 1 aliphatic rings. The molecule has 1 rings (SSSR count). The first kappa shape index (κ1) is 16.9. The summed E-state index contributed by atoms with van der Waals surface area (Å²) in [5.41, 5.74) is 0. The van der Waals surface area contributed by atoms with E-state index in [0.29, 0.717) is 13.1 Å². The molecule has 0 aliphatic carbocycles. The van der Waals surface area contributed by atoms with E-state index in [1.54, 1.807) is 4.90 Å². The summed E-state index contributed by atoms with van der Waals surface area (Å²) in [6.45, 7) is 1.14. The highest BCUT2D eigenvalue weighted by molar-refractivity contribution is 7.89. The Hall–Kier alpha value is -1.19. The van der Waals surface area contributed by atoms with Gasteiger partial charge in [-0.1, -0.05) is 0 Å². The third-order valence-corrected chi connectivity index (χ3v) is 5.00. The minimum absolute atomic E-state index is 0.00857. The van der Waals surface area contributed by atoms with Crippen molar-refractivity contribution >= 4 is 21.9 Å². The first-order valence-electron chi connectivity index (χ1n) is 6.33. The fourth-order valence-electron chi connectivity index (χ4n) is 1.97. The number of piperazine rings is 1. The van der Waals surface area contributed by atoms with Crippen molar-refractivity contribution in [2.24, 2.45) is 0 Å². The van der Waals surface area contributed by atoms with E-state index in [9.17, 15) is 18.0 Å². The molecular formula is C11H20N2O6S. The number of rotatable bonds is 7. The van der Waals surface area contributed by atoms with Gasteiger partial charge < -0.3 is 14.7 Å².